The Morgan fingerprint density at radius 1 is 1.19 bits per heavy atom. The molecule has 1 aliphatic heterocycles. The zero-order valence-corrected chi connectivity index (χ0v) is 15.8. The molecule has 1 aliphatic rings. The van der Waals surface area contributed by atoms with Crippen LogP contribution in [0.4, 0.5) is 4.79 Å². The van der Waals surface area contributed by atoms with E-state index in [-0.39, 0.29) is 18.0 Å². The average molecular weight is 368 g/mol. The van der Waals surface area contributed by atoms with Crippen LogP contribution in [0.5, 0.6) is 0 Å². The Hall–Kier alpha value is -2.96. The molecule has 1 saturated heterocycles. The van der Waals surface area contributed by atoms with Gasteiger partial charge in [0.05, 0.1) is 5.69 Å². The minimum atomic E-state index is -0.530. The van der Waals surface area contributed by atoms with Gasteiger partial charge in [0.15, 0.2) is 0 Å². The molecule has 1 unspecified atom stereocenters. The van der Waals surface area contributed by atoms with E-state index in [1.807, 2.05) is 45.0 Å². The van der Waals surface area contributed by atoms with Gasteiger partial charge < -0.3 is 15.0 Å². The smallest absolute Gasteiger partial charge is 0.410 e. The standard InChI is InChI=1S/C20H24N4O3/c1-20(2,3)27-19(26)24-11-9-15(13-24)23-18(25)17-8-7-14(12-22-17)16-6-4-5-10-21-16/h4-8,10,12,15H,9,11,13H2,1-3H3,(H,23,25). The van der Waals surface area contributed by atoms with Crippen LogP contribution in [0, 0.1) is 0 Å². The lowest BCUT2D eigenvalue weighted by molar-refractivity contribution is 0.0290. The van der Waals surface area contributed by atoms with Crippen molar-refractivity contribution in [1.82, 2.24) is 20.2 Å². The van der Waals surface area contributed by atoms with Gasteiger partial charge in [-0.25, -0.2) is 4.79 Å². The lowest BCUT2D eigenvalue weighted by atomic mass is 10.1. The van der Waals surface area contributed by atoms with Gasteiger partial charge in [-0.2, -0.15) is 0 Å². The van der Waals surface area contributed by atoms with Crippen LogP contribution >= 0.6 is 0 Å². The molecule has 1 atom stereocenters. The molecule has 0 saturated carbocycles. The third kappa shape index (κ3) is 5.03. The monoisotopic (exact) mass is 368 g/mol. The number of likely N-dealkylation sites (tertiary alicyclic amines) is 1. The fourth-order valence-corrected chi connectivity index (χ4v) is 2.84. The van der Waals surface area contributed by atoms with Crippen molar-refractivity contribution >= 4 is 12.0 Å². The number of ether oxygens (including phenoxy) is 1. The molecule has 2 aromatic heterocycles. The second-order valence-electron chi connectivity index (χ2n) is 7.53. The first kappa shape index (κ1) is 18.8. The molecule has 142 valence electrons. The molecule has 0 aromatic carbocycles. The molecule has 0 aliphatic carbocycles. The van der Waals surface area contributed by atoms with Crippen molar-refractivity contribution in [2.24, 2.45) is 0 Å². The maximum Gasteiger partial charge on any atom is 0.410 e. The first-order valence-corrected chi connectivity index (χ1v) is 8.98. The summed E-state index contributed by atoms with van der Waals surface area (Å²) in [4.78, 5) is 34.7. The largest absolute Gasteiger partial charge is 0.444 e. The van der Waals surface area contributed by atoms with E-state index in [1.54, 1.807) is 23.4 Å². The van der Waals surface area contributed by atoms with Gasteiger partial charge in [-0.15, -0.1) is 0 Å². The fourth-order valence-electron chi connectivity index (χ4n) is 2.84. The summed E-state index contributed by atoms with van der Waals surface area (Å²) in [6, 6.07) is 9.04. The van der Waals surface area contributed by atoms with Gasteiger partial charge in [-0.05, 0) is 51.5 Å². The summed E-state index contributed by atoms with van der Waals surface area (Å²) in [5, 5.41) is 2.94. The number of carbonyl (C=O) groups excluding carboxylic acids is 2. The average Bonchev–Trinajstić information content (AvgIpc) is 3.10. The Morgan fingerprint density at radius 3 is 2.63 bits per heavy atom. The van der Waals surface area contributed by atoms with Gasteiger partial charge in [-0.1, -0.05) is 6.07 Å². The van der Waals surface area contributed by atoms with Crippen LogP contribution in [0.3, 0.4) is 0 Å². The van der Waals surface area contributed by atoms with Crippen molar-refractivity contribution in [2.75, 3.05) is 13.1 Å². The highest BCUT2D eigenvalue weighted by atomic mass is 16.6. The molecular formula is C20H24N4O3. The van der Waals surface area contributed by atoms with Gasteiger partial charge in [0.2, 0.25) is 0 Å². The molecule has 0 radical (unpaired) electrons. The number of nitrogens with one attached hydrogen (secondary N) is 1. The number of nitrogens with zero attached hydrogens (tertiary/aromatic N) is 3. The summed E-state index contributed by atoms with van der Waals surface area (Å²) >= 11 is 0. The van der Waals surface area contributed by atoms with Crippen molar-refractivity contribution < 1.29 is 14.3 Å². The van der Waals surface area contributed by atoms with Crippen molar-refractivity contribution in [1.29, 1.82) is 0 Å². The molecule has 27 heavy (non-hydrogen) atoms. The van der Waals surface area contributed by atoms with Crippen LogP contribution < -0.4 is 5.32 Å². The Balaban J connectivity index is 1.56. The van der Waals surface area contributed by atoms with Gasteiger partial charge >= 0.3 is 6.09 Å². The van der Waals surface area contributed by atoms with Gasteiger partial charge in [0.25, 0.3) is 5.91 Å². The topological polar surface area (TPSA) is 84.4 Å². The second kappa shape index (κ2) is 7.73. The van der Waals surface area contributed by atoms with E-state index in [9.17, 15) is 9.59 Å². The van der Waals surface area contributed by atoms with Gasteiger partial charge in [0.1, 0.15) is 11.3 Å². The summed E-state index contributed by atoms with van der Waals surface area (Å²) in [7, 11) is 0. The zero-order valence-electron chi connectivity index (χ0n) is 15.8. The molecule has 0 bridgehead atoms. The minimum Gasteiger partial charge on any atom is -0.444 e. The molecule has 2 aromatic rings. The molecule has 2 amide bonds. The number of aromatic nitrogens is 2. The van der Waals surface area contributed by atoms with Gasteiger partial charge in [0, 0.05) is 37.1 Å². The maximum absolute atomic E-state index is 12.4. The molecule has 7 heteroatoms. The highest BCUT2D eigenvalue weighted by molar-refractivity contribution is 5.92. The highest BCUT2D eigenvalue weighted by Crippen LogP contribution is 2.17. The summed E-state index contributed by atoms with van der Waals surface area (Å²) in [6.07, 6.45) is 3.69. The molecule has 3 rings (SSSR count). The van der Waals surface area contributed by atoms with Crippen LogP contribution in [0.25, 0.3) is 11.3 Å². The number of amides is 2. The van der Waals surface area contributed by atoms with Crippen molar-refractivity contribution in [3.63, 3.8) is 0 Å². The third-order valence-corrected chi connectivity index (χ3v) is 4.13. The van der Waals surface area contributed by atoms with Crippen LogP contribution in [-0.4, -0.2) is 51.6 Å². The number of rotatable bonds is 3. The summed E-state index contributed by atoms with van der Waals surface area (Å²) in [5.41, 5.74) is 1.47. The van der Waals surface area contributed by atoms with E-state index in [0.717, 1.165) is 11.3 Å². The molecular weight excluding hydrogens is 344 g/mol. The van der Waals surface area contributed by atoms with Gasteiger partial charge in [-0.3, -0.25) is 14.8 Å². The lowest BCUT2D eigenvalue weighted by Crippen LogP contribution is -2.40. The van der Waals surface area contributed by atoms with Crippen molar-refractivity contribution in [3.8, 4) is 11.3 Å². The molecule has 1 fully saturated rings. The van der Waals surface area contributed by atoms with Crippen LogP contribution in [-0.2, 0) is 4.74 Å². The first-order valence-electron chi connectivity index (χ1n) is 8.98. The van der Waals surface area contributed by atoms with Crippen molar-refractivity contribution in [3.05, 3.63) is 48.4 Å². The predicted octanol–water partition coefficient (Wildman–Crippen LogP) is 2.88. The fraction of sp³-hybridized carbons (Fsp3) is 0.400. The highest BCUT2D eigenvalue weighted by Gasteiger charge is 2.30. The number of hydrogen-bond donors (Lipinski definition) is 1. The minimum absolute atomic E-state index is 0.109. The molecule has 1 N–H and O–H groups in total. The summed E-state index contributed by atoms with van der Waals surface area (Å²) in [6.45, 7) is 6.50. The van der Waals surface area contributed by atoms with Crippen molar-refractivity contribution in [2.45, 2.75) is 38.8 Å². The Bertz CT molecular complexity index is 800. The first-order chi connectivity index (χ1) is 12.8. The molecule has 0 spiro atoms. The van der Waals surface area contributed by atoms with E-state index in [1.165, 1.54) is 0 Å². The van der Waals surface area contributed by atoms with E-state index in [0.29, 0.717) is 25.2 Å². The number of hydrogen-bond acceptors (Lipinski definition) is 5. The Kier molecular flexibility index (Phi) is 5.39. The zero-order chi connectivity index (χ0) is 19.4. The van der Waals surface area contributed by atoms with Crippen LogP contribution in [0.2, 0.25) is 0 Å². The van der Waals surface area contributed by atoms with Crippen LogP contribution in [0.15, 0.2) is 42.7 Å². The van der Waals surface area contributed by atoms with E-state index in [4.69, 9.17) is 4.74 Å². The van der Waals surface area contributed by atoms with Crippen LogP contribution in [0.1, 0.15) is 37.7 Å². The normalized spacial score (nSPS) is 16.9. The van der Waals surface area contributed by atoms with E-state index < -0.39 is 5.60 Å². The second-order valence-corrected chi connectivity index (χ2v) is 7.53. The number of pyridine rings is 2. The number of carbonyl (C=O) groups is 2. The lowest BCUT2D eigenvalue weighted by Gasteiger charge is -2.24. The maximum atomic E-state index is 12.4. The predicted molar refractivity (Wildman–Crippen MR) is 101 cm³/mol. The summed E-state index contributed by atoms with van der Waals surface area (Å²) in [5.74, 6) is -0.251. The SMILES string of the molecule is CC(C)(C)OC(=O)N1CCC(NC(=O)c2ccc(-c3ccccn3)cn2)C1. The quantitative estimate of drug-likeness (QED) is 0.900. The third-order valence-electron chi connectivity index (χ3n) is 4.13. The Labute approximate surface area is 158 Å². The van der Waals surface area contributed by atoms with E-state index >= 15 is 0 Å². The molecule has 7 nitrogen and oxygen atoms in total. The summed E-state index contributed by atoms with van der Waals surface area (Å²) < 4.78 is 5.37. The molecule has 3 heterocycles. The Morgan fingerprint density at radius 2 is 2.00 bits per heavy atom. The van der Waals surface area contributed by atoms with E-state index in [2.05, 4.69) is 15.3 Å².